The van der Waals surface area contributed by atoms with Gasteiger partial charge in [0.25, 0.3) is 5.91 Å². The minimum Gasteiger partial charge on any atom is -0.399 e. The van der Waals surface area contributed by atoms with Gasteiger partial charge in [0.2, 0.25) is 0 Å². The van der Waals surface area contributed by atoms with Crippen LogP contribution in [0.15, 0.2) is 5.16 Å². The minimum atomic E-state index is -0.531. The van der Waals surface area contributed by atoms with Crippen LogP contribution < -0.4 is 5.73 Å². The van der Waals surface area contributed by atoms with E-state index in [1.807, 2.05) is 13.8 Å². The topological polar surface area (TPSA) is 64.7 Å². The summed E-state index contributed by atoms with van der Waals surface area (Å²) in [6.07, 6.45) is 0. The van der Waals surface area contributed by atoms with Crippen molar-refractivity contribution in [3.05, 3.63) is 0 Å². The van der Waals surface area contributed by atoms with Crippen LogP contribution in [0.4, 0.5) is 0 Å². The molecule has 0 radical (unpaired) electrons. The van der Waals surface area contributed by atoms with Crippen LogP contribution in [-0.4, -0.2) is 18.7 Å². The number of nitrogens with zero attached hydrogens (tertiary/aromatic N) is 1. The normalized spacial score (nSPS) is 11.8. The Balaban J connectivity index is 4.27. The number of hydrogen-bond acceptors (Lipinski definition) is 3. The van der Waals surface area contributed by atoms with Gasteiger partial charge in [0, 0.05) is 5.92 Å². The second-order valence-electron chi connectivity index (χ2n) is 2.18. The highest BCUT2D eigenvalue weighted by molar-refractivity contribution is 6.38. The summed E-state index contributed by atoms with van der Waals surface area (Å²) in [6.45, 7) is 3.64. The molecule has 0 spiro atoms. The van der Waals surface area contributed by atoms with Crippen LogP contribution in [0.1, 0.15) is 13.8 Å². The molecule has 4 heteroatoms. The third-order valence-corrected chi connectivity index (χ3v) is 0.989. The largest absolute Gasteiger partial charge is 0.399 e. The van der Waals surface area contributed by atoms with Crippen LogP contribution in [-0.2, 0) is 9.63 Å². The van der Waals surface area contributed by atoms with Crippen molar-refractivity contribution in [3.8, 4) is 0 Å². The predicted molar refractivity (Wildman–Crippen MR) is 38.5 cm³/mol. The van der Waals surface area contributed by atoms with Crippen molar-refractivity contribution in [2.75, 3.05) is 7.11 Å². The first kappa shape index (κ1) is 8.94. The number of hydrogen-bond donors (Lipinski definition) is 1. The summed E-state index contributed by atoms with van der Waals surface area (Å²) in [5.74, 6) is -0.519. The maximum Gasteiger partial charge on any atom is 0.266 e. The first-order valence-corrected chi connectivity index (χ1v) is 3.00. The van der Waals surface area contributed by atoms with Crippen molar-refractivity contribution in [1.82, 2.24) is 0 Å². The lowest BCUT2D eigenvalue weighted by molar-refractivity contribution is -0.112. The number of nitrogens with two attached hydrogens (primary N) is 1. The fourth-order valence-corrected chi connectivity index (χ4v) is 0.533. The molecule has 0 aliphatic heterocycles. The van der Waals surface area contributed by atoms with Crippen LogP contribution in [0, 0.1) is 5.92 Å². The Bertz CT molecular complexity index is 152. The highest BCUT2D eigenvalue weighted by atomic mass is 16.6. The van der Waals surface area contributed by atoms with Crippen LogP contribution in [0.5, 0.6) is 0 Å². The summed E-state index contributed by atoms with van der Waals surface area (Å²) in [5.41, 5.74) is 5.24. The van der Waals surface area contributed by atoms with Crippen LogP contribution in [0.3, 0.4) is 0 Å². The molecule has 0 aliphatic rings. The standard InChI is InChI=1S/C6H12N2O2/c1-4(2)5(6(7)9)8-10-3/h4H,1-3H3,(H2,7,9)/b8-5+. The second-order valence-corrected chi connectivity index (χ2v) is 2.18. The number of carbonyl (C=O) groups is 1. The van der Waals surface area contributed by atoms with Crippen molar-refractivity contribution in [2.45, 2.75) is 13.8 Å². The highest BCUT2D eigenvalue weighted by Crippen LogP contribution is 1.96. The molecule has 0 fully saturated rings. The average Bonchev–Trinajstić information content (AvgIpc) is 1.81. The highest BCUT2D eigenvalue weighted by Gasteiger charge is 2.11. The van der Waals surface area contributed by atoms with Gasteiger partial charge in [-0.15, -0.1) is 0 Å². The monoisotopic (exact) mass is 144 g/mol. The fraction of sp³-hybridized carbons (Fsp3) is 0.667. The van der Waals surface area contributed by atoms with Crippen molar-refractivity contribution in [1.29, 1.82) is 0 Å². The van der Waals surface area contributed by atoms with E-state index < -0.39 is 5.91 Å². The molecule has 0 aromatic heterocycles. The smallest absolute Gasteiger partial charge is 0.266 e. The zero-order valence-electron chi connectivity index (χ0n) is 6.42. The Morgan fingerprint density at radius 3 is 2.20 bits per heavy atom. The van der Waals surface area contributed by atoms with E-state index in [1.165, 1.54) is 7.11 Å². The van der Waals surface area contributed by atoms with Crippen LogP contribution in [0.2, 0.25) is 0 Å². The molecule has 0 heterocycles. The van der Waals surface area contributed by atoms with Gasteiger partial charge in [0.05, 0.1) is 0 Å². The fourth-order valence-electron chi connectivity index (χ4n) is 0.533. The summed E-state index contributed by atoms with van der Waals surface area (Å²) in [4.78, 5) is 15.0. The molecule has 0 aromatic carbocycles. The molecule has 58 valence electrons. The first-order chi connectivity index (χ1) is 4.59. The van der Waals surface area contributed by atoms with E-state index in [0.29, 0.717) is 0 Å². The summed E-state index contributed by atoms with van der Waals surface area (Å²) in [5, 5.41) is 3.47. The van der Waals surface area contributed by atoms with Gasteiger partial charge in [-0.3, -0.25) is 4.79 Å². The Labute approximate surface area is 60.0 Å². The van der Waals surface area contributed by atoms with Crippen molar-refractivity contribution in [2.24, 2.45) is 16.8 Å². The first-order valence-electron chi connectivity index (χ1n) is 3.00. The van der Waals surface area contributed by atoms with Crippen molar-refractivity contribution < 1.29 is 9.63 Å². The maximum atomic E-state index is 10.5. The molecule has 0 unspecified atom stereocenters. The molecule has 4 nitrogen and oxygen atoms in total. The molecule has 0 rings (SSSR count). The maximum absolute atomic E-state index is 10.5. The third-order valence-electron chi connectivity index (χ3n) is 0.989. The number of primary amides is 1. The summed E-state index contributed by atoms with van der Waals surface area (Å²) in [6, 6.07) is 0. The molecule has 0 bridgehead atoms. The lowest BCUT2D eigenvalue weighted by Gasteiger charge is -2.02. The van der Waals surface area contributed by atoms with Gasteiger partial charge in [0.15, 0.2) is 0 Å². The van der Waals surface area contributed by atoms with Gasteiger partial charge in [-0.1, -0.05) is 19.0 Å². The number of oxime groups is 1. The van der Waals surface area contributed by atoms with Gasteiger partial charge in [0.1, 0.15) is 12.8 Å². The molecule has 0 saturated heterocycles. The van der Waals surface area contributed by atoms with Crippen molar-refractivity contribution >= 4 is 11.6 Å². The Morgan fingerprint density at radius 1 is 1.60 bits per heavy atom. The van der Waals surface area contributed by atoms with Gasteiger partial charge < -0.3 is 10.6 Å². The Hall–Kier alpha value is -1.06. The molecular weight excluding hydrogens is 132 g/mol. The molecule has 0 atom stereocenters. The summed E-state index contributed by atoms with van der Waals surface area (Å²) >= 11 is 0. The Kier molecular flexibility index (Phi) is 3.46. The van der Waals surface area contributed by atoms with E-state index in [-0.39, 0.29) is 11.6 Å². The van der Waals surface area contributed by atoms with Gasteiger partial charge >= 0.3 is 0 Å². The van der Waals surface area contributed by atoms with E-state index in [2.05, 4.69) is 9.99 Å². The quantitative estimate of drug-likeness (QED) is 0.452. The molecule has 0 saturated carbocycles. The van der Waals surface area contributed by atoms with E-state index in [4.69, 9.17) is 5.73 Å². The molecule has 0 aliphatic carbocycles. The van der Waals surface area contributed by atoms with E-state index in [0.717, 1.165) is 0 Å². The summed E-state index contributed by atoms with van der Waals surface area (Å²) < 4.78 is 0. The SMILES string of the molecule is CO/N=C(/C(N)=O)C(C)C. The van der Waals surface area contributed by atoms with Gasteiger partial charge in [-0.05, 0) is 0 Å². The molecule has 10 heavy (non-hydrogen) atoms. The summed E-state index contributed by atoms with van der Waals surface area (Å²) in [7, 11) is 1.38. The predicted octanol–water partition coefficient (Wildman–Crippen LogP) is 0.130. The molecule has 1 amide bonds. The third kappa shape index (κ3) is 2.48. The Morgan fingerprint density at radius 2 is 2.10 bits per heavy atom. The zero-order valence-corrected chi connectivity index (χ0v) is 6.42. The van der Waals surface area contributed by atoms with E-state index >= 15 is 0 Å². The average molecular weight is 144 g/mol. The second kappa shape index (κ2) is 3.87. The van der Waals surface area contributed by atoms with Crippen LogP contribution >= 0.6 is 0 Å². The van der Waals surface area contributed by atoms with Gasteiger partial charge in [-0.2, -0.15) is 0 Å². The van der Waals surface area contributed by atoms with Gasteiger partial charge in [-0.25, -0.2) is 0 Å². The zero-order chi connectivity index (χ0) is 8.15. The number of rotatable bonds is 3. The lowest BCUT2D eigenvalue weighted by atomic mass is 10.1. The van der Waals surface area contributed by atoms with Crippen LogP contribution in [0.25, 0.3) is 0 Å². The number of carbonyl (C=O) groups excluding carboxylic acids is 1. The number of amides is 1. The molecule has 0 aromatic rings. The molecular formula is C6H12N2O2. The van der Waals surface area contributed by atoms with E-state index in [9.17, 15) is 4.79 Å². The van der Waals surface area contributed by atoms with E-state index in [1.54, 1.807) is 0 Å². The molecule has 2 N–H and O–H groups in total. The minimum absolute atomic E-state index is 0.0115. The lowest BCUT2D eigenvalue weighted by Crippen LogP contribution is -2.27. The van der Waals surface area contributed by atoms with Crippen molar-refractivity contribution in [3.63, 3.8) is 0 Å².